The zero-order valence-electron chi connectivity index (χ0n) is 10.8. The van der Waals surface area contributed by atoms with Crippen molar-refractivity contribution in [2.45, 2.75) is 38.8 Å². The molecule has 0 spiro atoms. The van der Waals surface area contributed by atoms with Crippen LogP contribution in [-0.2, 0) is 4.79 Å². The van der Waals surface area contributed by atoms with E-state index in [-0.39, 0.29) is 23.8 Å². The average molecular weight is 250 g/mol. The normalized spacial score (nSPS) is 20.6. The molecule has 3 nitrogen and oxygen atoms in total. The molecule has 1 atom stereocenters. The molecule has 18 heavy (non-hydrogen) atoms. The van der Waals surface area contributed by atoms with Crippen molar-refractivity contribution in [3.8, 4) is 0 Å². The zero-order chi connectivity index (χ0) is 13.1. The maximum Gasteiger partial charge on any atom is 0.244 e. The molecule has 1 heterocycles. The SMILES string of the molecule is CC(C)NC1CCCN(c2cccc(F)c2)C1=O. The van der Waals surface area contributed by atoms with Crippen molar-refractivity contribution in [3.05, 3.63) is 30.1 Å². The second kappa shape index (κ2) is 5.48. The van der Waals surface area contributed by atoms with E-state index in [1.165, 1.54) is 12.1 Å². The van der Waals surface area contributed by atoms with Crippen LogP contribution in [0, 0.1) is 5.82 Å². The van der Waals surface area contributed by atoms with E-state index in [0.717, 1.165) is 12.8 Å². The highest BCUT2D eigenvalue weighted by Crippen LogP contribution is 2.22. The van der Waals surface area contributed by atoms with E-state index in [2.05, 4.69) is 5.32 Å². The molecule has 1 aliphatic rings. The average Bonchev–Trinajstić information content (AvgIpc) is 2.31. The Labute approximate surface area is 107 Å². The number of halogens is 1. The Morgan fingerprint density at radius 3 is 2.89 bits per heavy atom. The number of hydrogen-bond donors (Lipinski definition) is 1. The Kier molecular flexibility index (Phi) is 3.97. The Balaban J connectivity index is 2.16. The summed E-state index contributed by atoms with van der Waals surface area (Å²) in [6.45, 7) is 4.71. The maximum absolute atomic E-state index is 13.2. The smallest absolute Gasteiger partial charge is 0.244 e. The van der Waals surface area contributed by atoms with Crippen molar-refractivity contribution >= 4 is 11.6 Å². The highest BCUT2D eigenvalue weighted by Gasteiger charge is 2.29. The highest BCUT2D eigenvalue weighted by molar-refractivity contribution is 5.97. The lowest BCUT2D eigenvalue weighted by Crippen LogP contribution is -2.52. The molecule has 1 saturated heterocycles. The number of piperidine rings is 1. The third-order valence-corrected chi connectivity index (χ3v) is 3.09. The Morgan fingerprint density at radius 2 is 2.22 bits per heavy atom. The number of benzene rings is 1. The molecule has 0 aliphatic carbocycles. The third-order valence-electron chi connectivity index (χ3n) is 3.09. The summed E-state index contributed by atoms with van der Waals surface area (Å²) in [5.41, 5.74) is 0.648. The van der Waals surface area contributed by atoms with Gasteiger partial charge in [-0.25, -0.2) is 4.39 Å². The predicted molar refractivity (Wildman–Crippen MR) is 70.0 cm³/mol. The minimum Gasteiger partial charge on any atom is -0.311 e. The summed E-state index contributed by atoms with van der Waals surface area (Å²) in [6.07, 6.45) is 1.79. The number of carbonyl (C=O) groups is 1. The van der Waals surface area contributed by atoms with Gasteiger partial charge in [0.25, 0.3) is 0 Å². The maximum atomic E-state index is 13.2. The summed E-state index contributed by atoms with van der Waals surface area (Å²) >= 11 is 0. The molecule has 0 radical (unpaired) electrons. The van der Waals surface area contributed by atoms with E-state index in [0.29, 0.717) is 12.2 Å². The second-order valence-electron chi connectivity index (χ2n) is 4.99. The van der Waals surface area contributed by atoms with Crippen LogP contribution in [0.25, 0.3) is 0 Å². The van der Waals surface area contributed by atoms with Gasteiger partial charge in [-0.05, 0) is 31.0 Å². The molecular formula is C14H19FN2O. The van der Waals surface area contributed by atoms with Crippen molar-refractivity contribution in [1.82, 2.24) is 5.32 Å². The molecule has 1 aliphatic heterocycles. The van der Waals surface area contributed by atoms with Gasteiger partial charge in [0, 0.05) is 18.3 Å². The van der Waals surface area contributed by atoms with Gasteiger partial charge in [-0.1, -0.05) is 19.9 Å². The van der Waals surface area contributed by atoms with E-state index in [1.54, 1.807) is 17.0 Å². The molecule has 1 N–H and O–H groups in total. The van der Waals surface area contributed by atoms with Crippen molar-refractivity contribution in [3.63, 3.8) is 0 Å². The van der Waals surface area contributed by atoms with Crippen LogP contribution in [0.4, 0.5) is 10.1 Å². The second-order valence-corrected chi connectivity index (χ2v) is 4.99. The summed E-state index contributed by atoms with van der Waals surface area (Å²) in [7, 11) is 0. The number of hydrogen-bond acceptors (Lipinski definition) is 2. The molecule has 4 heteroatoms. The highest BCUT2D eigenvalue weighted by atomic mass is 19.1. The molecule has 1 aromatic rings. The summed E-state index contributed by atoms with van der Waals surface area (Å²) in [4.78, 5) is 14.0. The first-order valence-corrected chi connectivity index (χ1v) is 6.41. The summed E-state index contributed by atoms with van der Waals surface area (Å²) in [6, 6.07) is 6.33. The molecule has 1 amide bonds. The van der Waals surface area contributed by atoms with Gasteiger partial charge in [0.2, 0.25) is 5.91 Å². The fourth-order valence-electron chi connectivity index (χ4n) is 2.33. The molecule has 1 fully saturated rings. The molecule has 1 unspecified atom stereocenters. The summed E-state index contributed by atoms with van der Waals surface area (Å²) in [5, 5.41) is 3.26. The van der Waals surface area contributed by atoms with E-state index >= 15 is 0 Å². The minimum absolute atomic E-state index is 0.0422. The van der Waals surface area contributed by atoms with Gasteiger partial charge < -0.3 is 10.2 Å². The quantitative estimate of drug-likeness (QED) is 0.893. The third kappa shape index (κ3) is 2.88. The van der Waals surface area contributed by atoms with Gasteiger partial charge >= 0.3 is 0 Å². The molecule has 0 bridgehead atoms. The molecule has 98 valence electrons. The van der Waals surface area contributed by atoms with E-state index in [4.69, 9.17) is 0 Å². The van der Waals surface area contributed by atoms with Gasteiger partial charge in [-0.3, -0.25) is 4.79 Å². The van der Waals surface area contributed by atoms with Crippen molar-refractivity contribution < 1.29 is 9.18 Å². The largest absolute Gasteiger partial charge is 0.311 e. The number of nitrogens with zero attached hydrogens (tertiary/aromatic N) is 1. The van der Waals surface area contributed by atoms with Crippen LogP contribution in [-0.4, -0.2) is 24.5 Å². The van der Waals surface area contributed by atoms with Crippen molar-refractivity contribution in [2.24, 2.45) is 0 Å². The van der Waals surface area contributed by atoms with Crippen LogP contribution in [0.1, 0.15) is 26.7 Å². The van der Waals surface area contributed by atoms with Crippen molar-refractivity contribution in [2.75, 3.05) is 11.4 Å². The molecular weight excluding hydrogens is 231 g/mol. The Morgan fingerprint density at radius 1 is 1.44 bits per heavy atom. The lowest BCUT2D eigenvalue weighted by atomic mass is 10.0. The van der Waals surface area contributed by atoms with Crippen LogP contribution < -0.4 is 10.2 Å². The number of carbonyl (C=O) groups excluding carboxylic acids is 1. The number of anilines is 1. The lowest BCUT2D eigenvalue weighted by molar-refractivity contribution is -0.121. The molecule has 1 aromatic carbocycles. The standard InChI is InChI=1S/C14H19FN2O/c1-10(2)16-13-7-4-8-17(14(13)18)12-6-3-5-11(15)9-12/h3,5-6,9-10,13,16H,4,7-8H2,1-2H3. The van der Waals surface area contributed by atoms with Gasteiger partial charge in [0.15, 0.2) is 0 Å². The van der Waals surface area contributed by atoms with Crippen molar-refractivity contribution in [1.29, 1.82) is 0 Å². The first-order valence-electron chi connectivity index (χ1n) is 6.41. The first kappa shape index (κ1) is 13.0. The minimum atomic E-state index is -0.306. The van der Waals surface area contributed by atoms with E-state index in [1.807, 2.05) is 13.8 Å². The first-order chi connectivity index (χ1) is 8.58. The molecule has 0 saturated carbocycles. The number of rotatable bonds is 3. The Hall–Kier alpha value is -1.42. The monoisotopic (exact) mass is 250 g/mol. The number of nitrogens with one attached hydrogen (secondary N) is 1. The predicted octanol–water partition coefficient (Wildman–Crippen LogP) is 2.32. The van der Waals surface area contributed by atoms with Crippen LogP contribution in [0.5, 0.6) is 0 Å². The fraction of sp³-hybridized carbons (Fsp3) is 0.500. The fourth-order valence-corrected chi connectivity index (χ4v) is 2.33. The topological polar surface area (TPSA) is 32.3 Å². The van der Waals surface area contributed by atoms with Crippen LogP contribution in [0.15, 0.2) is 24.3 Å². The van der Waals surface area contributed by atoms with Gasteiger partial charge in [0.05, 0.1) is 6.04 Å². The summed E-state index contributed by atoms with van der Waals surface area (Å²) in [5.74, 6) is -0.264. The van der Waals surface area contributed by atoms with Gasteiger partial charge in [-0.2, -0.15) is 0 Å². The van der Waals surface area contributed by atoms with E-state index in [9.17, 15) is 9.18 Å². The van der Waals surface area contributed by atoms with E-state index < -0.39 is 0 Å². The van der Waals surface area contributed by atoms with Gasteiger partial charge in [-0.15, -0.1) is 0 Å². The molecule has 2 rings (SSSR count). The van der Waals surface area contributed by atoms with Crippen LogP contribution in [0.2, 0.25) is 0 Å². The number of amides is 1. The van der Waals surface area contributed by atoms with Gasteiger partial charge in [0.1, 0.15) is 5.82 Å². The zero-order valence-corrected chi connectivity index (χ0v) is 10.8. The summed E-state index contributed by atoms with van der Waals surface area (Å²) < 4.78 is 13.2. The Bertz CT molecular complexity index is 434. The molecule has 0 aromatic heterocycles. The van der Waals surface area contributed by atoms with Crippen LogP contribution in [0.3, 0.4) is 0 Å². The lowest BCUT2D eigenvalue weighted by Gasteiger charge is -2.33. The van der Waals surface area contributed by atoms with Crippen LogP contribution >= 0.6 is 0 Å².